The summed E-state index contributed by atoms with van der Waals surface area (Å²) in [5, 5.41) is 9.75. The van der Waals surface area contributed by atoms with E-state index in [2.05, 4.69) is 21.4 Å². The molecule has 4 aromatic rings. The first-order valence-corrected chi connectivity index (χ1v) is 14.4. The molecule has 4 rings (SSSR count). The number of carbonyl (C=O) groups is 2. The number of thioether (sulfide) groups is 1. The first-order chi connectivity index (χ1) is 17.6. The van der Waals surface area contributed by atoms with Crippen molar-refractivity contribution in [3.8, 4) is 11.1 Å². The molecule has 0 aliphatic carbocycles. The zero-order valence-electron chi connectivity index (χ0n) is 19.9. The maximum Gasteiger partial charge on any atom is 0.328 e. The molecule has 1 amide bonds. The van der Waals surface area contributed by atoms with Crippen LogP contribution in [-0.4, -0.2) is 51.6 Å². The second-order valence-electron chi connectivity index (χ2n) is 7.89. The van der Waals surface area contributed by atoms with E-state index < -0.39 is 12.0 Å². The summed E-state index contributed by atoms with van der Waals surface area (Å²) in [6.07, 6.45) is 11.8. The Hall–Kier alpha value is -3.21. The molecule has 0 radical (unpaired) electrons. The fourth-order valence-electron chi connectivity index (χ4n) is 3.70. The summed E-state index contributed by atoms with van der Waals surface area (Å²) in [5.41, 5.74) is 4.25. The number of aromatic nitrogens is 3. The van der Waals surface area contributed by atoms with E-state index in [0.29, 0.717) is 18.5 Å². The van der Waals surface area contributed by atoms with Crippen LogP contribution in [0.25, 0.3) is 22.8 Å². The SMILES string of the molecule is COC(=O)[C@H](CCSC)NC(=O)c1ccc(C=C(Cn2ccnc2)c2nccs2)cc1-c1ccsc1. The molecule has 0 aliphatic heterocycles. The minimum atomic E-state index is -0.698. The van der Waals surface area contributed by atoms with Crippen LogP contribution in [-0.2, 0) is 16.1 Å². The first kappa shape index (κ1) is 25.9. The lowest BCUT2D eigenvalue weighted by atomic mass is 9.97. The standard InChI is InChI=1S/C26H26N4O3S3/c1-33-26(32)23(6-10-34-2)29-24(31)21-4-3-18(14-22(21)19-5-11-35-16-19)13-20(25-28-8-12-36-25)15-30-9-7-27-17-30/h3-5,7-9,11-14,16-17,23H,6,10,15H2,1-2H3,(H,29,31)/t23-/m0/s1. The molecule has 0 saturated carbocycles. The van der Waals surface area contributed by atoms with E-state index in [0.717, 1.165) is 33.0 Å². The fraction of sp³-hybridized carbons (Fsp3) is 0.231. The second-order valence-corrected chi connectivity index (χ2v) is 10.5. The van der Waals surface area contributed by atoms with E-state index in [1.165, 1.54) is 7.11 Å². The highest BCUT2D eigenvalue weighted by Gasteiger charge is 2.23. The minimum Gasteiger partial charge on any atom is -0.467 e. The number of nitrogens with zero attached hydrogens (tertiary/aromatic N) is 3. The van der Waals surface area contributed by atoms with Crippen molar-refractivity contribution >= 4 is 58.0 Å². The maximum absolute atomic E-state index is 13.3. The van der Waals surface area contributed by atoms with E-state index in [9.17, 15) is 9.59 Å². The highest BCUT2D eigenvalue weighted by atomic mass is 32.2. The van der Waals surface area contributed by atoms with Gasteiger partial charge < -0.3 is 14.6 Å². The van der Waals surface area contributed by atoms with Crippen molar-refractivity contribution in [1.29, 1.82) is 0 Å². The van der Waals surface area contributed by atoms with E-state index in [1.54, 1.807) is 53.2 Å². The topological polar surface area (TPSA) is 86.1 Å². The van der Waals surface area contributed by atoms with Gasteiger partial charge in [0.05, 0.1) is 20.0 Å². The van der Waals surface area contributed by atoms with Crippen LogP contribution in [0.3, 0.4) is 0 Å². The van der Waals surface area contributed by atoms with Gasteiger partial charge in [0.2, 0.25) is 0 Å². The van der Waals surface area contributed by atoms with Gasteiger partial charge in [-0.3, -0.25) is 4.79 Å². The molecular formula is C26H26N4O3S3. The zero-order valence-corrected chi connectivity index (χ0v) is 22.4. The van der Waals surface area contributed by atoms with Crippen molar-refractivity contribution in [3.63, 3.8) is 0 Å². The maximum atomic E-state index is 13.3. The number of thiazole rings is 1. The molecule has 0 bridgehead atoms. The number of hydrogen-bond donors (Lipinski definition) is 1. The third kappa shape index (κ3) is 6.51. The molecule has 0 unspecified atom stereocenters. The van der Waals surface area contributed by atoms with Crippen LogP contribution < -0.4 is 5.32 Å². The smallest absolute Gasteiger partial charge is 0.328 e. The molecule has 186 valence electrons. The molecule has 0 spiro atoms. The first-order valence-electron chi connectivity index (χ1n) is 11.2. The van der Waals surface area contributed by atoms with E-state index >= 15 is 0 Å². The Kier molecular flexibility index (Phi) is 9.10. The molecule has 0 saturated heterocycles. The summed E-state index contributed by atoms with van der Waals surface area (Å²) in [6.45, 7) is 0.625. The Morgan fingerprint density at radius 1 is 1.25 bits per heavy atom. The van der Waals surface area contributed by atoms with Crippen molar-refractivity contribution in [2.75, 3.05) is 19.1 Å². The Morgan fingerprint density at radius 3 is 2.81 bits per heavy atom. The molecule has 1 N–H and O–H groups in total. The lowest BCUT2D eigenvalue weighted by Crippen LogP contribution is -2.42. The molecule has 0 fully saturated rings. The van der Waals surface area contributed by atoms with Gasteiger partial charge in [-0.15, -0.1) is 11.3 Å². The second kappa shape index (κ2) is 12.7. The molecule has 3 aromatic heterocycles. The van der Waals surface area contributed by atoms with Crippen molar-refractivity contribution in [1.82, 2.24) is 19.9 Å². The highest BCUT2D eigenvalue weighted by molar-refractivity contribution is 7.98. The fourth-order valence-corrected chi connectivity index (χ4v) is 5.48. The lowest BCUT2D eigenvalue weighted by molar-refractivity contribution is -0.142. The summed E-state index contributed by atoms with van der Waals surface area (Å²) < 4.78 is 6.91. The number of benzene rings is 1. The van der Waals surface area contributed by atoms with Crippen molar-refractivity contribution < 1.29 is 14.3 Å². The van der Waals surface area contributed by atoms with E-state index in [1.807, 2.05) is 57.4 Å². The Balaban J connectivity index is 1.69. The van der Waals surface area contributed by atoms with Gasteiger partial charge in [0, 0.05) is 35.1 Å². The predicted octanol–water partition coefficient (Wildman–Crippen LogP) is 5.33. The van der Waals surface area contributed by atoms with Gasteiger partial charge in [0.1, 0.15) is 11.0 Å². The Bertz CT molecular complexity index is 1300. The van der Waals surface area contributed by atoms with Gasteiger partial charge in [-0.1, -0.05) is 6.07 Å². The van der Waals surface area contributed by atoms with E-state index in [-0.39, 0.29) is 5.91 Å². The third-order valence-corrected chi connectivity index (χ3v) is 7.66. The van der Waals surface area contributed by atoms with Gasteiger partial charge in [-0.2, -0.15) is 23.1 Å². The normalized spacial score (nSPS) is 12.3. The van der Waals surface area contributed by atoms with Crippen LogP contribution in [0.4, 0.5) is 0 Å². The number of ether oxygens (including phenoxy) is 1. The summed E-state index contributed by atoms with van der Waals surface area (Å²) in [5.74, 6) is -0.0131. The minimum absolute atomic E-state index is 0.304. The van der Waals surface area contributed by atoms with Crippen molar-refractivity contribution in [3.05, 3.63) is 81.5 Å². The summed E-state index contributed by atoms with van der Waals surface area (Å²) in [4.78, 5) is 34.2. The molecule has 0 aliphatic rings. The molecule has 1 aromatic carbocycles. The van der Waals surface area contributed by atoms with Crippen LogP contribution >= 0.6 is 34.4 Å². The van der Waals surface area contributed by atoms with Crippen LogP contribution in [0.1, 0.15) is 27.3 Å². The number of methoxy groups -OCH3 is 1. The van der Waals surface area contributed by atoms with Gasteiger partial charge >= 0.3 is 5.97 Å². The van der Waals surface area contributed by atoms with Gasteiger partial charge in [0.15, 0.2) is 0 Å². The van der Waals surface area contributed by atoms with Crippen molar-refractivity contribution in [2.24, 2.45) is 0 Å². The zero-order chi connectivity index (χ0) is 25.3. The van der Waals surface area contributed by atoms with Crippen LogP contribution in [0, 0.1) is 0 Å². The monoisotopic (exact) mass is 538 g/mol. The number of imidazole rings is 1. The van der Waals surface area contributed by atoms with Gasteiger partial charge in [-0.25, -0.2) is 14.8 Å². The lowest BCUT2D eigenvalue weighted by Gasteiger charge is -2.17. The molecular weight excluding hydrogens is 513 g/mol. The molecule has 1 atom stereocenters. The summed E-state index contributed by atoms with van der Waals surface area (Å²) in [7, 11) is 1.34. The number of thiophene rings is 1. The van der Waals surface area contributed by atoms with Gasteiger partial charge in [0.25, 0.3) is 5.91 Å². The number of carbonyl (C=O) groups excluding carboxylic acids is 2. The Morgan fingerprint density at radius 2 is 2.14 bits per heavy atom. The van der Waals surface area contributed by atoms with Gasteiger partial charge in [-0.05, 0) is 70.2 Å². The van der Waals surface area contributed by atoms with Crippen molar-refractivity contribution in [2.45, 2.75) is 19.0 Å². The van der Waals surface area contributed by atoms with Crippen LogP contribution in [0.5, 0.6) is 0 Å². The highest BCUT2D eigenvalue weighted by Crippen LogP contribution is 2.30. The number of nitrogens with one attached hydrogen (secondary N) is 1. The number of amides is 1. The average Bonchev–Trinajstić information content (AvgIpc) is 3.69. The summed E-state index contributed by atoms with van der Waals surface area (Å²) >= 11 is 4.76. The number of rotatable bonds is 11. The van der Waals surface area contributed by atoms with Crippen LogP contribution in [0.2, 0.25) is 0 Å². The predicted molar refractivity (Wildman–Crippen MR) is 148 cm³/mol. The van der Waals surface area contributed by atoms with Crippen LogP contribution in [0.15, 0.2) is 65.3 Å². The molecule has 7 nitrogen and oxygen atoms in total. The largest absolute Gasteiger partial charge is 0.467 e. The number of allylic oxidation sites excluding steroid dienone is 1. The van der Waals surface area contributed by atoms with E-state index in [4.69, 9.17) is 4.74 Å². The third-order valence-electron chi connectivity index (χ3n) is 5.48. The molecule has 36 heavy (non-hydrogen) atoms. The average molecular weight is 539 g/mol. The number of esters is 1. The summed E-state index contributed by atoms with van der Waals surface area (Å²) in [6, 6.07) is 7.03. The Labute approximate surface area is 222 Å². The number of hydrogen-bond acceptors (Lipinski definition) is 8. The molecule has 3 heterocycles. The molecule has 10 heteroatoms. The quantitative estimate of drug-likeness (QED) is 0.260.